The molecule has 0 N–H and O–H groups in total. The molecule has 0 aliphatic heterocycles. The zero-order valence-electron chi connectivity index (χ0n) is 13.8. The minimum atomic E-state index is -4.62. The van der Waals surface area contributed by atoms with Crippen LogP contribution in [0.4, 0.5) is 17.6 Å². The van der Waals surface area contributed by atoms with E-state index >= 15 is 0 Å². The van der Waals surface area contributed by atoms with Gasteiger partial charge in [-0.1, -0.05) is 0 Å². The molecule has 4 rings (SSSR count). The number of nitriles is 1. The number of aromatic nitrogens is 5. The molecule has 3 aromatic heterocycles. The summed E-state index contributed by atoms with van der Waals surface area (Å²) < 4.78 is 52.9. The lowest BCUT2D eigenvalue weighted by Gasteiger charge is -2.07. The summed E-state index contributed by atoms with van der Waals surface area (Å²) in [6, 6.07) is 8.88. The average molecular weight is 384 g/mol. The molecule has 28 heavy (non-hydrogen) atoms. The number of imidazole rings is 1. The first-order valence-electron chi connectivity index (χ1n) is 7.81. The highest BCUT2D eigenvalue weighted by Crippen LogP contribution is 2.29. The fourth-order valence-corrected chi connectivity index (χ4v) is 2.68. The molecule has 6 nitrogen and oxygen atoms in total. The van der Waals surface area contributed by atoms with E-state index in [0.29, 0.717) is 28.7 Å². The van der Waals surface area contributed by atoms with Crippen LogP contribution in [0.2, 0.25) is 0 Å². The average Bonchev–Trinajstić information content (AvgIpc) is 3.10. The predicted molar refractivity (Wildman–Crippen MR) is 89.1 cm³/mol. The molecule has 138 valence electrons. The van der Waals surface area contributed by atoms with E-state index in [0.717, 1.165) is 6.07 Å². The lowest BCUT2D eigenvalue weighted by molar-refractivity contribution is -0.141. The van der Waals surface area contributed by atoms with Crippen molar-refractivity contribution in [2.45, 2.75) is 6.18 Å². The Kier molecular flexibility index (Phi) is 4.00. The minimum absolute atomic E-state index is 0.109. The van der Waals surface area contributed by atoms with Gasteiger partial charge in [-0.25, -0.2) is 14.4 Å². The van der Waals surface area contributed by atoms with Crippen LogP contribution in [0.25, 0.3) is 28.3 Å². The van der Waals surface area contributed by atoms with Crippen molar-refractivity contribution in [3.05, 3.63) is 66.0 Å². The Labute approximate surface area is 154 Å². The number of hydrogen-bond acceptors (Lipinski definition) is 5. The number of nitrogens with zero attached hydrogens (tertiary/aromatic N) is 6. The Morgan fingerprint density at radius 3 is 2.61 bits per heavy atom. The Hall–Kier alpha value is -3.87. The topological polar surface area (TPSA) is 79.8 Å². The molecule has 10 heteroatoms. The van der Waals surface area contributed by atoms with Crippen LogP contribution < -0.4 is 0 Å². The van der Waals surface area contributed by atoms with E-state index in [9.17, 15) is 22.8 Å². The van der Waals surface area contributed by atoms with Gasteiger partial charge < -0.3 is 0 Å². The summed E-state index contributed by atoms with van der Waals surface area (Å²) in [5.74, 6) is -0.753. The van der Waals surface area contributed by atoms with Gasteiger partial charge in [0, 0.05) is 17.3 Å². The second-order valence-electron chi connectivity index (χ2n) is 5.73. The van der Waals surface area contributed by atoms with Crippen molar-refractivity contribution in [2.24, 2.45) is 0 Å². The number of alkyl halides is 3. The molecule has 0 radical (unpaired) electrons. The quantitative estimate of drug-likeness (QED) is 0.490. The van der Waals surface area contributed by atoms with Crippen molar-refractivity contribution < 1.29 is 17.6 Å². The molecule has 0 saturated carbocycles. The maximum atomic E-state index is 13.4. The first-order valence-corrected chi connectivity index (χ1v) is 7.81. The predicted octanol–water partition coefficient (Wildman–Crippen LogP) is 3.88. The standard InChI is InChI=1S/C18H8F4N6/c19-12-1-2-13(11(5-12)7-23)14-6-10(3-4-24-14)15-8-25-17-27-16(18(20,21)22)9-26-28(15)17/h1-6,8-9H. The van der Waals surface area contributed by atoms with Gasteiger partial charge >= 0.3 is 6.18 Å². The summed E-state index contributed by atoms with van der Waals surface area (Å²) in [5, 5.41) is 13.0. The number of hydrogen-bond donors (Lipinski definition) is 0. The van der Waals surface area contributed by atoms with Crippen molar-refractivity contribution in [3.8, 4) is 28.6 Å². The van der Waals surface area contributed by atoms with E-state index < -0.39 is 17.7 Å². The van der Waals surface area contributed by atoms with E-state index in [-0.39, 0.29) is 11.3 Å². The highest BCUT2D eigenvalue weighted by molar-refractivity contribution is 5.72. The van der Waals surface area contributed by atoms with Crippen LogP contribution in [0.1, 0.15) is 11.3 Å². The molecular formula is C18H8F4N6. The van der Waals surface area contributed by atoms with Crippen molar-refractivity contribution in [1.29, 1.82) is 5.26 Å². The molecule has 0 fully saturated rings. The summed E-state index contributed by atoms with van der Waals surface area (Å²) in [7, 11) is 0. The number of halogens is 4. The van der Waals surface area contributed by atoms with Gasteiger partial charge in [-0.2, -0.15) is 28.0 Å². The largest absolute Gasteiger partial charge is 0.435 e. The molecule has 0 spiro atoms. The van der Waals surface area contributed by atoms with E-state index in [1.54, 1.807) is 12.1 Å². The molecule has 0 amide bonds. The van der Waals surface area contributed by atoms with Gasteiger partial charge in [-0.3, -0.25) is 4.98 Å². The minimum Gasteiger partial charge on any atom is -0.256 e. The Balaban J connectivity index is 1.82. The van der Waals surface area contributed by atoms with Crippen LogP contribution in [0.5, 0.6) is 0 Å². The molecule has 4 aromatic rings. The van der Waals surface area contributed by atoms with Gasteiger partial charge in [-0.15, -0.1) is 0 Å². The second-order valence-corrected chi connectivity index (χ2v) is 5.73. The molecule has 0 aliphatic rings. The Bertz CT molecular complexity index is 1240. The van der Waals surface area contributed by atoms with Crippen molar-refractivity contribution >= 4 is 5.78 Å². The molecule has 0 atom stereocenters. The number of fused-ring (bicyclic) bond motifs is 1. The smallest absolute Gasteiger partial charge is 0.256 e. The van der Waals surface area contributed by atoms with Crippen molar-refractivity contribution in [2.75, 3.05) is 0 Å². The monoisotopic (exact) mass is 384 g/mol. The van der Waals surface area contributed by atoms with E-state index in [4.69, 9.17) is 0 Å². The van der Waals surface area contributed by atoms with Crippen LogP contribution in [0.15, 0.2) is 48.9 Å². The van der Waals surface area contributed by atoms with Gasteiger partial charge in [0.05, 0.1) is 35.4 Å². The fourth-order valence-electron chi connectivity index (χ4n) is 2.68. The van der Waals surface area contributed by atoms with Gasteiger partial charge in [0.2, 0.25) is 0 Å². The van der Waals surface area contributed by atoms with Gasteiger partial charge in [0.15, 0.2) is 5.69 Å². The maximum Gasteiger partial charge on any atom is 0.435 e. The maximum absolute atomic E-state index is 13.4. The molecule has 0 aliphatic carbocycles. The fraction of sp³-hybridized carbons (Fsp3) is 0.0556. The zero-order valence-corrected chi connectivity index (χ0v) is 13.8. The van der Waals surface area contributed by atoms with Gasteiger partial charge in [-0.05, 0) is 30.3 Å². The zero-order chi connectivity index (χ0) is 19.9. The second kappa shape index (κ2) is 6.38. The molecule has 3 heterocycles. The number of pyridine rings is 1. The van der Waals surface area contributed by atoms with Crippen LogP contribution >= 0.6 is 0 Å². The summed E-state index contributed by atoms with van der Waals surface area (Å²) in [6.45, 7) is 0. The molecule has 0 saturated heterocycles. The summed E-state index contributed by atoms with van der Waals surface area (Å²) >= 11 is 0. The first kappa shape index (κ1) is 17.5. The Morgan fingerprint density at radius 1 is 1.04 bits per heavy atom. The Morgan fingerprint density at radius 2 is 1.86 bits per heavy atom. The number of rotatable bonds is 2. The lowest BCUT2D eigenvalue weighted by Crippen LogP contribution is -2.11. The molecule has 0 unspecified atom stereocenters. The van der Waals surface area contributed by atoms with E-state index in [2.05, 4.69) is 20.1 Å². The lowest BCUT2D eigenvalue weighted by atomic mass is 10.0. The van der Waals surface area contributed by atoms with Gasteiger partial charge in [0.1, 0.15) is 5.82 Å². The molecular weight excluding hydrogens is 376 g/mol. The van der Waals surface area contributed by atoms with Crippen LogP contribution in [0.3, 0.4) is 0 Å². The van der Waals surface area contributed by atoms with Crippen molar-refractivity contribution in [1.82, 2.24) is 24.6 Å². The normalized spacial score (nSPS) is 11.5. The SMILES string of the molecule is N#Cc1cc(F)ccc1-c1cc(-c2cnc3nc(C(F)(F)F)cnn23)ccn1. The number of benzene rings is 1. The van der Waals surface area contributed by atoms with Crippen LogP contribution in [-0.2, 0) is 6.18 Å². The summed E-state index contributed by atoms with van der Waals surface area (Å²) in [5.41, 5.74) is 0.712. The molecule has 0 bridgehead atoms. The van der Waals surface area contributed by atoms with Crippen LogP contribution in [0, 0.1) is 17.1 Å². The third kappa shape index (κ3) is 3.03. The van der Waals surface area contributed by atoms with E-state index in [1.165, 1.54) is 29.0 Å². The molecule has 1 aromatic carbocycles. The van der Waals surface area contributed by atoms with Crippen LogP contribution in [-0.4, -0.2) is 24.6 Å². The highest BCUT2D eigenvalue weighted by Gasteiger charge is 2.33. The summed E-state index contributed by atoms with van der Waals surface area (Å²) in [4.78, 5) is 11.6. The van der Waals surface area contributed by atoms with Gasteiger partial charge in [0.25, 0.3) is 5.78 Å². The third-order valence-corrected chi connectivity index (χ3v) is 3.96. The first-order chi connectivity index (χ1) is 13.4. The highest BCUT2D eigenvalue weighted by atomic mass is 19.4. The van der Waals surface area contributed by atoms with E-state index in [1.807, 2.05) is 6.07 Å². The summed E-state index contributed by atoms with van der Waals surface area (Å²) in [6.07, 6.45) is -1.20. The van der Waals surface area contributed by atoms with Crippen molar-refractivity contribution in [3.63, 3.8) is 0 Å². The third-order valence-electron chi connectivity index (χ3n) is 3.96.